The zero-order valence-electron chi connectivity index (χ0n) is 16.4. The van der Waals surface area contributed by atoms with Crippen LogP contribution in [0.3, 0.4) is 0 Å². The minimum Gasteiger partial charge on any atom is -0.493 e. The van der Waals surface area contributed by atoms with E-state index in [0.29, 0.717) is 56.7 Å². The number of aliphatic hydroxyl groups is 1. The second-order valence-corrected chi connectivity index (χ2v) is 6.87. The number of aromatic nitrogens is 2. The van der Waals surface area contributed by atoms with Crippen LogP contribution in [0.25, 0.3) is 0 Å². The molecule has 1 aromatic heterocycles. The molecule has 28 heavy (non-hydrogen) atoms. The molecule has 0 aliphatic carbocycles. The number of nitrogens with zero attached hydrogens (tertiary/aromatic N) is 3. The van der Waals surface area contributed by atoms with Crippen molar-refractivity contribution in [2.45, 2.75) is 18.6 Å². The summed E-state index contributed by atoms with van der Waals surface area (Å²) in [6.45, 7) is 3.33. The van der Waals surface area contributed by atoms with Gasteiger partial charge in [0, 0.05) is 39.1 Å². The van der Waals surface area contributed by atoms with E-state index in [1.54, 1.807) is 32.7 Å². The Morgan fingerprint density at radius 3 is 2.75 bits per heavy atom. The van der Waals surface area contributed by atoms with E-state index < -0.39 is 5.60 Å². The average Bonchev–Trinajstić information content (AvgIpc) is 3.11. The molecule has 1 aliphatic rings. The van der Waals surface area contributed by atoms with Crippen molar-refractivity contribution in [3.8, 4) is 11.5 Å². The Morgan fingerprint density at radius 1 is 1.18 bits per heavy atom. The third-order valence-corrected chi connectivity index (χ3v) is 4.72. The van der Waals surface area contributed by atoms with Gasteiger partial charge in [0.2, 0.25) is 5.95 Å². The monoisotopic (exact) mass is 388 g/mol. The summed E-state index contributed by atoms with van der Waals surface area (Å²) >= 11 is 0. The van der Waals surface area contributed by atoms with Gasteiger partial charge in [-0.25, -0.2) is 9.97 Å². The SMILES string of the molecule is COCCOc1cc(CNC[C@@]2(O)CCN(c3ncccn3)C2)ccc1OC. The molecule has 2 heterocycles. The predicted molar refractivity (Wildman–Crippen MR) is 106 cm³/mol. The van der Waals surface area contributed by atoms with Crippen LogP contribution in [-0.4, -0.2) is 67.7 Å². The Balaban J connectivity index is 1.52. The van der Waals surface area contributed by atoms with Gasteiger partial charge < -0.3 is 29.5 Å². The van der Waals surface area contributed by atoms with Crippen molar-refractivity contribution in [1.82, 2.24) is 15.3 Å². The van der Waals surface area contributed by atoms with Gasteiger partial charge in [-0.2, -0.15) is 0 Å². The van der Waals surface area contributed by atoms with Gasteiger partial charge in [-0.15, -0.1) is 0 Å². The molecular formula is C20H28N4O4. The lowest BCUT2D eigenvalue weighted by Crippen LogP contribution is -2.43. The van der Waals surface area contributed by atoms with E-state index in [-0.39, 0.29) is 0 Å². The number of hydrogen-bond acceptors (Lipinski definition) is 8. The number of hydrogen-bond donors (Lipinski definition) is 2. The number of rotatable bonds is 10. The molecule has 152 valence electrons. The molecule has 1 saturated heterocycles. The van der Waals surface area contributed by atoms with Crippen LogP contribution in [0, 0.1) is 0 Å². The minimum absolute atomic E-state index is 0.459. The Bertz CT molecular complexity index is 746. The van der Waals surface area contributed by atoms with Crippen molar-refractivity contribution in [3.05, 3.63) is 42.2 Å². The van der Waals surface area contributed by atoms with Crippen LogP contribution in [0.2, 0.25) is 0 Å². The minimum atomic E-state index is -0.802. The first-order chi connectivity index (χ1) is 13.6. The van der Waals surface area contributed by atoms with E-state index in [4.69, 9.17) is 14.2 Å². The van der Waals surface area contributed by atoms with Crippen molar-refractivity contribution in [1.29, 1.82) is 0 Å². The third kappa shape index (κ3) is 5.31. The van der Waals surface area contributed by atoms with Crippen LogP contribution >= 0.6 is 0 Å². The van der Waals surface area contributed by atoms with E-state index >= 15 is 0 Å². The highest BCUT2D eigenvalue weighted by atomic mass is 16.5. The lowest BCUT2D eigenvalue weighted by Gasteiger charge is -2.24. The van der Waals surface area contributed by atoms with Crippen molar-refractivity contribution >= 4 is 5.95 Å². The molecule has 0 unspecified atom stereocenters. The molecular weight excluding hydrogens is 360 g/mol. The maximum absolute atomic E-state index is 10.9. The van der Waals surface area contributed by atoms with Crippen LogP contribution in [0.5, 0.6) is 11.5 Å². The summed E-state index contributed by atoms with van der Waals surface area (Å²) < 4.78 is 16.1. The Labute approximate surface area is 165 Å². The maximum Gasteiger partial charge on any atom is 0.225 e. The summed E-state index contributed by atoms with van der Waals surface area (Å²) in [6.07, 6.45) is 4.11. The summed E-state index contributed by atoms with van der Waals surface area (Å²) in [4.78, 5) is 10.5. The largest absolute Gasteiger partial charge is 0.493 e. The quantitative estimate of drug-likeness (QED) is 0.588. The van der Waals surface area contributed by atoms with Gasteiger partial charge in [0.1, 0.15) is 6.61 Å². The fraction of sp³-hybridized carbons (Fsp3) is 0.500. The molecule has 1 aliphatic heterocycles. The summed E-state index contributed by atoms with van der Waals surface area (Å²) in [7, 11) is 3.26. The van der Waals surface area contributed by atoms with E-state index in [9.17, 15) is 5.11 Å². The average molecular weight is 388 g/mol. The highest BCUT2D eigenvalue weighted by molar-refractivity contribution is 5.43. The number of benzene rings is 1. The van der Waals surface area contributed by atoms with Gasteiger partial charge in [-0.05, 0) is 30.2 Å². The molecule has 2 aromatic rings. The fourth-order valence-electron chi connectivity index (χ4n) is 3.24. The van der Waals surface area contributed by atoms with Crippen LogP contribution in [0.1, 0.15) is 12.0 Å². The zero-order valence-corrected chi connectivity index (χ0v) is 16.4. The third-order valence-electron chi connectivity index (χ3n) is 4.72. The topological polar surface area (TPSA) is 89.0 Å². The van der Waals surface area contributed by atoms with E-state index in [0.717, 1.165) is 12.1 Å². The molecule has 0 radical (unpaired) electrons. The van der Waals surface area contributed by atoms with Crippen molar-refractivity contribution in [2.75, 3.05) is 52.0 Å². The predicted octanol–water partition coefficient (Wildman–Crippen LogP) is 1.24. The standard InChI is InChI=1S/C20H28N4O4/c1-26-10-11-28-18-12-16(4-5-17(18)27-2)13-21-14-20(25)6-9-24(15-20)19-22-7-3-8-23-19/h3-5,7-8,12,21,25H,6,9-11,13-15H2,1-2H3/t20-/m0/s1. The second-order valence-electron chi connectivity index (χ2n) is 6.87. The molecule has 8 heteroatoms. The number of nitrogens with one attached hydrogen (secondary N) is 1. The lowest BCUT2D eigenvalue weighted by atomic mass is 10.0. The summed E-state index contributed by atoms with van der Waals surface area (Å²) in [5.41, 5.74) is 0.252. The van der Waals surface area contributed by atoms with Crippen molar-refractivity contribution < 1.29 is 19.3 Å². The Hall–Kier alpha value is -2.42. The first kappa shape index (κ1) is 20.3. The number of β-amino-alcohol motifs (C(OH)–C–C–N with tert-alkyl or cyclic N) is 1. The number of anilines is 1. The summed E-state index contributed by atoms with van der Waals surface area (Å²) in [5, 5.41) is 14.2. The molecule has 8 nitrogen and oxygen atoms in total. The highest BCUT2D eigenvalue weighted by Gasteiger charge is 2.36. The maximum atomic E-state index is 10.9. The van der Waals surface area contributed by atoms with E-state index in [2.05, 4.69) is 15.3 Å². The smallest absolute Gasteiger partial charge is 0.225 e. The molecule has 3 rings (SSSR count). The molecule has 0 amide bonds. The van der Waals surface area contributed by atoms with Gasteiger partial charge in [-0.3, -0.25) is 0 Å². The van der Waals surface area contributed by atoms with Crippen molar-refractivity contribution in [2.24, 2.45) is 0 Å². The highest BCUT2D eigenvalue weighted by Crippen LogP contribution is 2.28. The molecule has 0 saturated carbocycles. The molecule has 2 N–H and O–H groups in total. The molecule has 0 bridgehead atoms. The summed E-state index contributed by atoms with van der Waals surface area (Å²) in [5.74, 6) is 2.03. The first-order valence-electron chi connectivity index (χ1n) is 9.37. The lowest BCUT2D eigenvalue weighted by molar-refractivity contribution is 0.0626. The second kappa shape index (κ2) is 9.68. The summed E-state index contributed by atoms with van der Waals surface area (Å²) in [6, 6.07) is 7.61. The van der Waals surface area contributed by atoms with Crippen LogP contribution in [0.15, 0.2) is 36.7 Å². The van der Waals surface area contributed by atoms with E-state index in [1.807, 2.05) is 23.1 Å². The molecule has 1 atom stereocenters. The molecule has 0 spiro atoms. The van der Waals surface area contributed by atoms with Gasteiger partial charge in [-0.1, -0.05) is 6.07 Å². The van der Waals surface area contributed by atoms with Crippen LogP contribution in [0.4, 0.5) is 5.95 Å². The van der Waals surface area contributed by atoms with Gasteiger partial charge in [0.25, 0.3) is 0 Å². The number of ether oxygens (including phenoxy) is 3. The van der Waals surface area contributed by atoms with E-state index in [1.165, 1.54) is 0 Å². The first-order valence-corrected chi connectivity index (χ1v) is 9.37. The van der Waals surface area contributed by atoms with Gasteiger partial charge >= 0.3 is 0 Å². The number of methoxy groups -OCH3 is 2. The zero-order chi connectivity index (χ0) is 19.8. The normalized spacial score (nSPS) is 19.0. The van der Waals surface area contributed by atoms with Crippen LogP contribution < -0.4 is 19.7 Å². The molecule has 1 aromatic carbocycles. The Morgan fingerprint density at radius 2 is 2.00 bits per heavy atom. The van der Waals surface area contributed by atoms with Gasteiger partial charge in [0.05, 0.1) is 25.9 Å². The molecule has 1 fully saturated rings. The Kier molecular flexibility index (Phi) is 7.02. The van der Waals surface area contributed by atoms with Crippen molar-refractivity contribution in [3.63, 3.8) is 0 Å². The van der Waals surface area contributed by atoms with Crippen LogP contribution in [-0.2, 0) is 11.3 Å². The van der Waals surface area contributed by atoms with Gasteiger partial charge in [0.15, 0.2) is 11.5 Å². The fourth-order valence-corrected chi connectivity index (χ4v) is 3.24.